The number of rotatable bonds is 7. The van der Waals surface area contributed by atoms with E-state index in [1.54, 1.807) is 18.2 Å². The summed E-state index contributed by atoms with van der Waals surface area (Å²) in [5.74, 6) is -0.984. The van der Waals surface area contributed by atoms with Crippen LogP contribution in [0.15, 0.2) is 77.4 Å². The number of hydrogen-bond acceptors (Lipinski definition) is 4. The molecule has 0 saturated carbocycles. The highest BCUT2D eigenvalue weighted by atomic mass is 16.6. The van der Waals surface area contributed by atoms with Gasteiger partial charge >= 0.3 is 5.97 Å². The molecule has 1 N–H and O–H groups in total. The van der Waals surface area contributed by atoms with Gasteiger partial charge in [0.15, 0.2) is 0 Å². The fraction of sp³-hybridized carbons (Fsp3) is 0.182. The number of amides is 1. The molecular weight excluding hydrogens is 342 g/mol. The highest BCUT2D eigenvalue weighted by Gasteiger charge is 2.26. The molecule has 0 saturated heterocycles. The van der Waals surface area contributed by atoms with Crippen molar-refractivity contribution in [2.45, 2.75) is 19.4 Å². The van der Waals surface area contributed by atoms with Crippen molar-refractivity contribution in [1.29, 1.82) is 0 Å². The van der Waals surface area contributed by atoms with Gasteiger partial charge in [0.1, 0.15) is 0 Å². The van der Waals surface area contributed by atoms with Gasteiger partial charge in [-0.05, 0) is 31.0 Å². The van der Waals surface area contributed by atoms with Crippen LogP contribution in [0.5, 0.6) is 0 Å². The number of nitrogens with one attached hydrogen (secondary N) is 1. The number of carbonyl (C=O) groups excluding carboxylic acids is 2. The molecule has 0 bridgehead atoms. The Morgan fingerprint density at radius 3 is 2.41 bits per heavy atom. The average Bonchev–Trinajstić information content (AvgIpc) is 3.22. The van der Waals surface area contributed by atoms with E-state index in [0.29, 0.717) is 18.5 Å². The lowest BCUT2D eigenvalue weighted by Gasteiger charge is -2.18. The molecule has 138 valence electrons. The van der Waals surface area contributed by atoms with E-state index in [4.69, 9.17) is 9.15 Å². The first-order chi connectivity index (χ1) is 13.1. The minimum Gasteiger partial charge on any atom is -0.457 e. The highest BCUT2D eigenvalue weighted by molar-refractivity contribution is 5.90. The van der Waals surface area contributed by atoms with E-state index < -0.39 is 12.1 Å². The quantitative estimate of drug-likeness (QED) is 0.648. The lowest BCUT2D eigenvalue weighted by molar-refractivity contribution is -0.130. The van der Waals surface area contributed by atoms with Gasteiger partial charge in [-0.25, -0.2) is 4.79 Å². The van der Waals surface area contributed by atoms with Crippen molar-refractivity contribution in [2.24, 2.45) is 0 Å². The Morgan fingerprint density at radius 1 is 1.00 bits per heavy atom. The molecule has 27 heavy (non-hydrogen) atoms. The van der Waals surface area contributed by atoms with Gasteiger partial charge < -0.3 is 14.5 Å². The van der Waals surface area contributed by atoms with Gasteiger partial charge in [0.05, 0.1) is 6.26 Å². The van der Waals surface area contributed by atoms with Crippen molar-refractivity contribution < 1.29 is 18.7 Å². The lowest BCUT2D eigenvalue weighted by Crippen LogP contribution is -2.33. The molecule has 1 heterocycles. The lowest BCUT2D eigenvalue weighted by atomic mass is 10.1. The maximum Gasteiger partial charge on any atom is 0.375 e. The maximum atomic E-state index is 12.7. The van der Waals surface area contributed by atoms with Crippen molar-refractivity contribution >= 4 is 11.9 Å². The van der Waals surface area contributed by atoms with Crippen LogP contribution in [0, 0.1) is 6.92 Å². The summed E-state index contributed by atoms with van der Waals surface area (Å²) >= 11 is 0. The molecule has 5 nitrogen and oxygen atoms in total. The summed E-state index contributed by atoms with van der Waals surface area (Å²) < 4.78 is 10.5. The summed E-state index contributed by atoms with van der Waals surface area (Å²) in [6.45, 7) is 2.40. The second-order valence-electron chi connectivity index (χ2n) is 6.20. The van der Waals surface area contributed by atoms with E-state index in [0.717, 1.165) is 11.1 Å². The molecule has 1 aromatic heterocycles. The summed E-state index contributed by atoms with van der Waals surface area (Å²) in [6, 6.07) is 20.3. The third-order valence-electron chi connectivity index (χ3n) is 4.12. The van der Waals surface area contributed by atoms with E-state index in [-0.39, 0.29) is 11.7 Å². The van der Waals surface area contributed by atoms with Crippen molar-refractivity contribution in [3.63, 3.8) is 0 Å². The number of carbonyl (C=O) groups is 2. The first-order valence-corrected chi connectivity index (χ1v) is 8.76. The number of benzene rings is 2. The molecule has 1 amide bonds. The Kier molecular flexibility index (Phi) is 6.05. The van der Waals surface area contributed by atoms with Gasteiger partial charge in [0, 0.05) is 12.1 Å². The number of furan rings is 1. The Balaban J connectivity index is 1.69. The van der Waals surface area contributed by atoms with Crippen molar-refractivity contribution in [3.8, 4) is 0 Å². The van der Waals surface area contributed by atoms with Gasteiger partial charge in [-0.3, -0.25) is 4.79 Å². The molecule has 0 aliphatic heterocycles. The normalized spacial score (nSPS) is 11.6. The molecule has 0 radical (unpaired) electrons. The monoisotopic (exact) mass is 363 g/mol. The van der Waals surface area contributed by atoms with Crippen LogP contribution in [0.4, 0.5) is 0 Å². The van der Waals surface area contributed by atoms with Gasteiger partial charge in [-0.1, -0.05) is 60.2 Å². The molecular formula is C22H21NO4. The van der Waals surface area contributed by atoms with Gasteiger partial charge in [0.25, 0.3) is 5.91 Å². The van der Waals surface area contributed by atoms with Crippen LogP contribution < -0.4 is 5.32 Å². The predicted molar refractivity (Wildman–Crippen MR) is 101 cm³/mol. The summed E-state index contributed by atoms with van der Waals surface area (Å²) in [6.07, 6.45) is 1.04. The Bertz CT molecular complexity index is 870. The second kappa shape index (κ2) is 8.85. The summed E-state index contributed by atoms with van der Waals surface area (Å²) in [5, 5.41) is 2.85. The third kappa shape index (κ3) is 5.07. The van der Waals surface area contributed by atoms with Crippen LogP contribution >= 0.6 is 0 Å². The van der Waals surface area contributed by atoms with E-state index in [2.05, 4.69) is 5.32 Å². The van der Waals surface area contributed by atoms with E-state index in [1.807, 2.05) is 49.4 Å². The van der Waals surface area contributed by atoms with E-state index >= 15 is 0 Å². The van der Waals surface area contributed by atoms with Crippen LogP contribution in [0.3, 0.4) is 0 Å². The fourth-order valence-electron chi connectivity index (χ4n) is 2.64. The van der Waals surface area contributed by atoms with Gasteiger partial charge in [-0.15, -0.1) is 0 Å². The minimum absolute atomic E-state index is 0.0594. The van der Waals surface area contributed by atoms with Crippen molar-refractivity contribution in [2.75, 3.05) is 6.54 Å². The molecule has 3 aromatic rings. The van der Waals surface area contributed by atoms with Crippen LogP contribution in [0.1, 0.15) is 33.3 Å². The van der Waals surface area contributed by atoms with E-state index in [1.165, 1.54) is 12.3 Å². The van der Waals surface area contributed by atoms with Gasteiger partial charge in [0.2, 0.25) is 11.9 Å². The van der Waals surface area contributed by atoms with Crippen LogP contribution in [0.2, 0.25) is 0 Å². The minimum atomic E-state index is -1.04. The predicted octanol–water partition coefficient (Wildman–Crippen LogP) is 3.85. The number of esters is 1. The molecule has 3 rings (SSSR count). The molecule has 5 heteroatoms. The van der Waals surface area contributed by atoms with E-state index in [9.17, 15) is 9.59 Å². The first-order valence-electron chi connectivity index (χ1n) is 8.76. The van der Waals surface area contributed by atoms with Gasteiger partial charge in [-0.2, -0.15) is 0 Å². The van der Waals surface area contributed by atoms with Crippen LogP contribution in [0.25, 0.3) is 0 Å². The smallest absolute Gasteiger partial charge is 0.375 e. The molecule has 0 unspecified atom stereocenters. The summed E-state index contributed by atoms with van der Waals surface area (Å²) in [4.78, 5) is 25.0. The Hall–Kier alpha value is -3.34. The first kappa shape index (κ1) is 18.5. The Morgan fingerprint density at radius 2 is 1.74 bits per heavy atom. The van der Waals surface area contributed by atoms with Crippen molar-refractivity contribution in [3.05, 3.63) is 95.4 Å². The zero-order chi connectivity index (χ0) is 19.1. The molecule has 2 aromatic carbocycles. The summed E-state index contributed by atoms with van der Waals surface area (Å²) in [7, 11) is 0. The molecule has 0 spiro atoms. The van der Waals surface area contributed by atoms with Crippen LogP contribution in [-0.4, -0.2) is 18.4 Å². The Labute approximate surface area is 158 Å². The zero-order valence-corrected chi connectivity index (χ0v) is 15.1. The molecule has 0 aliphatic rings. The summed E-state index contributed by atoms with van der Waals surface area (Å²) in [5.41, 5.74) is 2.79. The van der Waals surface area contributed by atoms with Crippen LogP contribution in [-0.2, 0) is 16.0 Å². The molecule has 0 fully saturated rings. The fourth-order valence-corrected chi connectivity index (χ4v) is 2.64. The number of ether oxygens (including phenoxy) is 1. The topological polar surface area (TPSA) is 68.5 Å². The molecule has 0 aliphatic carbocycles. The number of hydrogen-bond donors (Lipinski definition) is 1. The SMILES string of the molecule is Cc1ccc([C@H](OC(=O)c2ccco2)C(=O)NCCc2ccccc2)cc1. The largest absolute Gasteiger partial charge is 0.457 e. The average molecular weight is 363 g/mol. The highest BCUT2D eigenvalue weighted by Crippen LogP contribution is 2.20. The standard InChI is InChI=1S/C22H21NO4/c1-16-9-11-18(12-10-16)20(27-22(25)19-8-5-15-26-19)21(24)23-14-13-17-6-3-2-4-7-17/h2-12,15,20H,13-14H2,1H3,(H,23,24)/t20-/m0/s1. The van der Waals surface area contributed by atoms with Crippen molar-refractivity contribution in [1.82, 2.24) is 5.32 Å². The maximum absolute atomic E-state index is 12.7. The number of aryl methyl sites for hydroxylation is 1. The second-order valence-corrected chi connectivity index (χ2v) is 6.20. The third-order valence-corrected chi connectivity index (χ3v) is 4.12. The molecule has 1 atom stereocenters. The zero-order valence-electron chi connectivity index (χ0n) is 15.1.